The Balaban J connectivity index is 1.36. The number of hydrogen-bond acceptors (Lipinski definition) is 4. The third-order valence-electron chi connectivity index (χ3n) is 8.36. The number of alkyl halides is 3. The van der Waals surface area contributed by atoms with Crippen LogP contribution in [0.4, 0.5) is 13.2 Å². The van der Waals surface area contributed by atoms with Crippen molar-refractivity contribution in [3.05, 3.63) is 64.7 Å². The fraction of sp³-hybridized carbons (Fsp3) is 0.444. The molecule has 2 aliphatic carbocycles. The van der Waals surface area contributed by atoms with Gasteiger partial charge in [-0.15, -0.1) is 0 Å². The second kappa shape index (κ2) is 8.59. The molecule has 186 valence electrons. The van der Waals surface area contributed by atoms with E-state index in [2.05, 4.69) is 5.32 Å². The molecule has 0 aromatic heterocycles. The van der Waals surface area contributed by atoms with Crippen LogP contribution in [0.5, 0.6) is 11.5 Å². The minimum Gasteiger partial charge on any atom is -0.504 e. The molecule has 35 heavy (non-hydrogen) atoms. The molecule has 1 aliphatic heterocycles. The summed E-state index contributed by atoms with van der Waals surface area (Å²) in [4.78, 5) is 14.7. The molecule has 2 fully saturated rings. The van der Waals surface area contributed by atoms with Gasteiger partial charge in [0.2, 0.25) is 5.91 Å². The highest BCUT2D eigenvalue weighted by Gasteiger charge is 2.54. The molecule has 2 aromatic rings. The van der Waals surface area contributed by atoms with Gasteiger partial charge in [0.25, 0.3) is 0 Å². The number of benzene rings is 2. The predicted octanol–water partition coefficient (Wildman–Crippen LogP) is 4.61. The Labute approximate surface area is 202 Å². The van der Waals surface area contributed by atoms with Gasteiger partial charge >= 0.3 is 6.18 Å². The molecule has 5 rings (SSSR count). The minimum atomic E-state index is -4.39. The van der Waals surface area contributed by atoms with Gasteiger partial charge in [-0.3, -0.25) is 4.79 Å². The smallest absolute Gasteiger partial charge is 0.416 e. The molecule has 4 atom stereocenters. The number of phenols is 2. The number of carbonyl (C=O) groups is 1. The predicted molar refractivity (Wildman–Crippen MR) is 126 cm³/mol. The van der Waals surface area contributed by atoms with Crippen molar-refractivity contribution in [1.29, 1.82) is 0 Å². The largest absolute Gasteiger partial charge is 0.504 e. The maximum absolute atomic E-state index is 13.0. The fourth-order valence-electron chi connectivity index (χ4n) is 6.57. The van der Waals surface area contributed by atoms with Crippen molar-refractivity contribution in [2.75, 3.05) is 13.6 Å². The summed E-state index contributed by atoms with van der Waals surface area (Å²) in [7, 11) is 1.78. The maximum atomic E-state index is 13.0. The van der Waals surface area contributed by atoms with E-state index in [1.807, 2.05) is 6.07 Å². The molecule has 3 aliphatic rings. The summed E-state index contributed by atoms with van der Waals surface area (Å²) in [5.41, 5.74) is 1.52. The van der Waals surface area contributed by atoms with Crippen molar-refractivity contribution in [2.45, 2.75) is 55.8 Å². The lowest BCUT2D eigenvalue weighted by Gasteiger charge is -2.58. The van der Waals surface area contributed by atoms with E-state index in [9.17, 15) is 28.2 Å². The summed E-state index contributed by atoms with van der Waals surface area (Å²) in [6, 6.07) is 8.45. The minimum absolute atomic E-state index is 0.00310. The lowest BCUT2D eigenvalue weighted by molar-refractivity contribution is -0.137. The summed E-state index contributed by atoms with van der Waals surface area (Å²) in [6.45, 7) is 0.862. The lowest BCUT2D eigenvalue weighted by Crippen LogP contribution is -2.62. The first kappa shape index (κ1) is 23.7. The third-order valence-corrected chi connectivity index (χ3v) is 8.36. The van der Waals surface area contributed by atoms with Crippen LogP contribution < -0.4 is 5.32 Å². The van der Waals surface area contributed by atoms with Crippen molar-refractivity contribution in [2.24, 2.45) is 5.92 Å². The molecule has 0 spiro atoms. The molecule has 8 heteroatoms. The second-order valence-electron chi connectivity index (χ2n) is 10.1. The van der Waals surface area contributed by atoms with Crippen molar-refractivity contribution >= 4 is 12.0 Å². The number of aromatic hydroxyl groups is 2. The molecule has 2 bridgehead atoms. The second-order valence-corrected chi connectivity index (χ2v) is 10.1. The molecule has 0 unspecified atom stereocenters. The van der Waals surface area contributed by atoms with Crippen LogP contribution in [0.3, 0.4) is 0 Å². The van der Waals surface area contributed by atoms with Gasteiger partial charge < -0.3 is 20.4 Å². The molecule has 2 aromatic carbocycles. The Bertz CT molecular complexity index is 1160. The summed E-state index contributed by atoms with van der Waals surface area (Å²) in [5, 5.41) is 24.2. The van der Waals surface area contributed by atoms with E-state index in [4.69, 9.17) is 0 Å². The number of fused-ring (bicyclic) bond motifs is 1. The van der Waals surface area contributed by atoms with Gasteiger partial charge in [-0.2, -0.15) is 13.2 Å². The van der Waals surface area contributed by atoms with E-state index >= 15 is 0 Å². The molecule has 1 amide bonds. The zero-order valence-corrected chi connectivity index (χ0v) is 19.5. The number of rotatable bonds is 3. The van der Waals surface area contributed by atoms with Crippen molar-refractivity contribution in [3.8, 4) is 11.5 Å². The SMILES string of the molecule is CN(C(=O)/C=C/c1ccc(C(F)(F)F)cc1)[C@@H]1CC[C@H]2[C@H]3Cc4c(ccc(O)c4O)[C@@]2(CCN3)C1. The quantitative estimate of drug-likeness (QED) is 0.438. The molecular weight excluding hydrogens is 457 g/mol. The molecular formula is C27H29F3N2O3. The molecule has 1 saturated carbocycles. The summed E-state index contributed by atoms with van der Waals surface area (Å²) in [6.07, 6.45) is 2.71. The summed E-state index contributed by atoms with van der Waals surface area (Å²) < 4.78 is 38.3. The van der Waals surface area contributed by atoms with Gasteiger partial charge in [-0.25, -0.2) is 0 Å². The Morgan fingerprint density at radius 1 is 1.14 bits per heavy atom. The van der Waals surface area contributed by atoms with E-state index in [-0.39, 0.29) is 34.9 Å². The Morgan fingerprint density at radius 2 is 1.89 bits per heavy atom. The van der Waals surface area contributed by atoms with Gasteiger partial charge in [0.1, 0.15) is 0 Å². The van der Waals surface area contributed by atoms with Crippen LogP contribution in [0.25, 0.3) is 6.08 Å². The monoisotopic (exact) mass is 486 g/mol. The number of phenolic OH excluding ortho intramolecular Hbond substituents is 2. The number of hydrogen-bond donors (Lipinski definition) is 3. The van der Waals surface area contributed by atoms with E-state index in [0.29, 0.717) is 17.9 Å². The number of nitrogens with zero attached hydrogens (tertiary/aromatic N) is 1. The summed E-state index contributed by atoms with van der Waals surface area (Å²) >= 11 is 0. The third kappa shape index (κ3) is 4.07. The highest BCUT2D eigenvalue weighted by atomic mass is 19.4. The normalized spacial score (nSPS) is 27.8. The van der Waals surface area contributed by atoms with Crippen molar-refractivity contribution in [3.63, 3.8) is 0 Å². The average molecular weight is 487 g/mol. The number of amides is 1. The molecule has 1 saturated heterocycles. The van der Waals surface area contributed by atoms with E-state index in [1.165, 1.54) is 18.2 Å². The number of piperidine rings is 1. The van der Waals surface area contributed by atoms with Gasteiger partial charge in [0, 0.05) is 36.2 Å². The zero-order chi connectivity index (χ0) is 25.0. The highest BCUT2D eigenvalue weighted by molar-refractivity contribution is 5.91. The van der Waals surface area contributed by atoms with E-state index < -0.39 is 11.7 Å². The topological polar surface area (TPSA) is 72.8 Å². The maximum Gasteiger partial charge on any atom is 0.416 e. The van der Waals surface area contributed by atoms with Crippen LogP contribution in [0.2, 0.25) is 0 Å². The van der Waals surface area contributed by atoms with Crippen LogP contribution in [-0.4, -0.2) is 46.7 Å². The number of halogens is 3. The number of nitrogens with one attached hydrogen (secondary N) is 1. The van der Waals surface area contributed by atoms with Crippen LogP contribution in [0, 0.1) is 5.92 Å². The average Bonchev–Trinajstić information content (AvgIpc) is 2.83. The van der Waals surface area contributed by atoms with E-state index in [1.54, 1.807) is 24.1 Å². The van der Waals surface area contributed by atoms with Gasteiger partial charge in [-0.1, -0.05) is 18.2 Å². The van der Waals surface area contributed by atoms with E-state index in [0.717, 1.165) is 55.5 Å². The van der Waals surface area contributed by atoms with Crippen LogP contribution in [-0.2, 0) is 22.8 Å². The van der Waals surface area contributed by atoms with Gasteiger partial charge in [-0.05, 0) is 80.0 Å². The fourth-order valence-corrected chi connectivity index (χ4v) is 6.57. The highest BCUT2D eigenvalue weighted by Crippen LogP contribution is 2.56. The molecule has 0 radical (unpaired) electrons. The standard InChI is InChI=1S/C27H29F3N2O3/c1-32(24(34)11-4-16-2-5-17(6-3-16)27(28,29)30)18-7-8-21-22-14-19-20(9-10-23(33)25(19)35)26(21,15-18)12-13-31-22/h2-6,9-11,18,21-22,31,33,35H,7-8,12-15H2,1H3/b11-4+/t18-,21+,22-,26-/m1/s1. The number of likely N-dealkylation sites (N-methyl/N-ethyl adjacent to an activating group) is 1. The molecule has 3 N–H and O–H groups in total. The van der Waals surface area contributed by atoms with Gasteiger partial charge in [0.15, 0.2) is 11.5 Å². The van der Waals surface area contributed by atoms with Crippen molar-refractivity contribution in [1.82, 2.24) is 10.2 Å². The Morgan fingerprint density at radius 3 is 2.60 bits per heavy atom. The first-order valence-corrected chi connectivity index (χ1v) is 12.0. The van der Waals surface area contributed by atoms with Crippen LogP contribution >= 0.6 is 0 Å². The number of carbonyl (C=O) groups excluding carboxylic acids is 1. The van der Waals surface area contributed by atoms with Crippen LogP contribution in [0.15, 0.2) is 42.5 Å². The van der Waals surface area contributed by atoms with Crippen LogP contribution in [0.1, 0.15) is 47.9 Å². The Kier molecular flexibility index (Phi) is 5.82. The van der Waals surface area contributed by atoms with Gasteiger partial charge in [0.05, 0.1) is 5.56 Å². The molecule has 5 nitrogen and oxygen atoms in total. The molecule has 1 heterocycles. The first-order valence-electron chi connectivity index (χ1n) is 12.0. The van der Waals surface area contributed by atoms with Crippen molar-refractivity contribution < 1.29 is 28.2 Å². The zero-order valence-electron chi connectivity index (χ0n) is 19.5. The summed E-state index contributed by atoms with van der Waals surface area (Å²) in [5.74, 6) is 0.0553. The lowest BCUT2D eigenvalue weighted by atomic mass is 9.51. The Hall–Kier alpha value is -3.00. The first-order chi connectivity index (χ1) is 16.6.